The van der Waals surface area contributed by atoms with Gasteiger partial charge in [-0.15, -0.1) is 0 Å². The minimum atomic E-state index is 0.507. The van der Waals surface area contributed by atoms with Crippen LogP contribution in [-0.2, 0) is 4.74 Å². The SMILES string of the molecule is CCOCCCNC(=S)N/N=C\c1ccc(-n2ccnc2)cc1. The van der Waals surface area contributed by atoms with Crippen LogP contribution in [0.25, 0.3) is 5.69 Å². The first kappa shape index (κ1) is 17.1. The van der Waals surface area contributed by atoms with Crippen molar-refractivity contribution in [1.82, 2.24) is 20.3 Å². The van der Waals surface area contributed by atoms with Crippen molar-refractivity contribution in [3.63, 3.8) is 0 Å². The maximum atomic E-state index is 5.25. The highest BCUT2D eigenvalue weighted by Crippen LogP contribution is 2.07. The number of aromatic nitrogens is 2. The van der Waals surface area contributed by atoms with Crippen LogP contribution in [0, 0.1) is 0 Å². The number of hydrogen-bond acceptors (Lipinski definition) is 4. The summed E-state index contributed by atoms with van der Waals surface area (Å²) in [6, 6.07) is 7.98. The molecule has 6 nitrogen and oxygen atoms in total. The molecular formula is C16H21N5OS. The van der Waals surface area contributed by atoms with E-state index in [1.165, 1.54) is 0 Å². The van der Waals surface area contributed by atoms with Crippen LogP contribution in [0.1, 0.15) is 18.9 Å². The van der Waals surface area contributed by atoms with E-state index in [0.717, 1.165) is 37.4 Å². The molecule has 0 saturated heterocycles. The van der Waals surface area contributed by atoms with Crippen molar-refractivity contribution in [3.8, 4) is 5.69 Å². The molecule has 2 N–H and O–H groups in total. The summed E-state index contributed by atoms with van der Waals surface area (Å²) < 4.78 is 7.20. The number of nitrogens with zero attached hydrogens (tertiary/aromatic N) is 3. The van der Waals surface area contributed by atoms with Gasteiger partial charge in [0, 0.05) is 37.8 Å². The van der Waals surface area contributed by atoms with Gasteiger partial charge >= 0.3 is 0 Å². The Kier molecular flexibility index (Phi) is 7.22. The fourth-order valence-corrected chi connectivity index (χ4v) is 2.02. The van der Waals surface area contributed by atoms with E-state index in [2.05, 4.69) is 20.8 Å². The molecule has 0 atom stereocenters. The van der Waals surface area contributed by atoms with E-state index >= 15 is 0 Å². The Balaban J connectivity index is 1.72. The van der Waals surface area contributed by atoms with Gasteiger partial charge in [-0.25, -0.2) is 4.98 Å². The van der Waals surface area contributed by atoms with Crippen molar-refractivity contribution in [2.75, 3.05) is 19.8 Å². The number of thiocarbonyl (C=S) groups is 1. The summed E-state index contributed by atoms with van der Waals surface area (Å²) in [5.74, 6) is 0. The van der Waals surface area contributed by atoms with Crippen molar-refractivity contribution in [1.29, 1.82) is 0 Å². The molecular weight excluding hydrogens is 310 g/mol. The first-order valence-corrected chi connectivity index (χ1v) is 7.93. The van der Waals surface area contributed by atoms with E-state index < -0.39 is 0 Å². The van der Waals surface area contributed by atoms with Crippen molar-refractivity contribution in [3.05, 3.63) is 48.5 Å². The van der Waals surface area contributed by atoms with E-state index in [0.29, 0.717) is 5.11 Å². The summed E-state index contributed by atoms with van der Waals surface area (Å²) in [6.07, 6.45) is 8.06. The van der Waals surface area contributed by atoms with Gasteiger partial charge in [0.25, 0.3) is 0 Å². The molecule has 0 aliphatic heterocycles. The second-order valence-corrected chi connectivity index (χ2v) is 5.15. The van der Waals surface area contributed by atoms with Gasteiger partial charge in [0.05, 0.1) is 12.5 Å². The molecule has 0 radical (unpaired) electrons. The van der Waals surface area contributed by atoms with Crippen molar-refractivity contribution >= 4 is 23.5 Å². The summed E-state index contributed by atoms with van der Waals surface area (Å²) in [5.41, 5.74) is 4.84. The number of hydrazone groups is 1. The van der Waals surface area contributed by atoms with Crippen molar-refractivity contribution < 1.29 is 4.74 Å². The van der Waals surface area contributed by atoms with Crippen molar-refractivity contribution in [2.24, 2.45) is 5.10 Å². The van der Waals surface area contributed by atoms with Gasteiger partial charge in [0.15, 0.2) is 5.11 Å². The van der Waals surface area contributed by atoms with Crippen LogP contribution in [0.5, 0.6) is 0 Å². The van der Waals surface area contributed by atoms with Gasteiger partial charge in [-0.2, -0.15) is 5.10 Å². The lowest BCUT2D eigenvalue weighted by Gasteiger charge is -2.06. The molecule has 0 aliphatic carbocycles. The average Bonchev–Trinajstić information content (AvgIpc) is 3.10. The van der Waals surface area contributed by atoms with Gasteiger partial charge in [-0.3, -0.25) is 5.43 Å². The molecule has 0 unspecified atom stereocenters. The second-order valence-electron chi connectivity index (χ2n) is 4.74. The quantitative estimate of drug-likeness (QED) is 0.336. The number of rotatable bonds is 8. The van der Waals surface area contributed by atoms with Crippen LogP contribution in [-0.4, -0.2) is 40.6 Å². The average molecular weight is 331 g/mol. The highest BCUT2D eigenvalue weighted by Gasteiger charge is 1.95. The summed E-state index contributed by atoms with van der Waals surface area (Å²) in [5, 5.41) is 7.70. The predicted molar refractivity (Wildman–Crippen MR) is 96.0 cm³/mol. The second kappa shape index (κ2) is 9.70. The zero-order chi connectivity index (χ0) is 16.3. The van der Waals surface area contributed by atoms with Crippen LogP contribution < -0.4 is 10.7 Å². The molecule has 0 fully saturated rings. The first-order valence-electron chi connectivity index (χ1n) is 7.52. The Labute approximate surface area is 141 Å². The number of nitrogens with one attached hydrogen (secondary N) is 2. The van der Waals surface area contributed by atoms with E-state index in [4.69, 9.17) is 17.0 Å². The molecule has 2 aromatic rings. The van der Waals surface area contributed by atoms with Crippen LogP contribution in [0.2, 0.25) is 0 Å². The third kappa shape index (κ3) is 6.17. The zero-order valence-electron chi connectivity index (χ0n) is 13.1. The standard InChI is InChI=1S/C16H21N5OS/c1-2-22-11-3-8-18-16(23)20-19-12-14-4-6-15(7-5-14)21-10-9-17-13-21/h4-7,9-10,12-13H,2-3,8,11H2,1H3,(H2,18,20,23)/b19-12-. The molecule has 23 heavy (non-hydrogen) atoms. The van der Waals surface area contributed by atoms with Crippen molar-refractivity contribution in [2.45, 2.75) is 13.3 Å². The molecule has 7 heteroatoms. The summed E-state index contributed by atoms with van der Waals surface area (Å²) in [6.45, 7) is 4.22. The third-order valence-corrected chi connectivity index (χ3v) is 3.27. The van der Waals surface area contributed by atoms with Crippen LogP contribution in [0.3, 0.4) is 0 Å². The topological polar surface area (TPSA) is 63.5 Å². The van der Waals surface area contributed by atoms with Gasteiger partial charge < -0.3 is 14.6 Å². The van der Waals surface area contributed by atoms with E-state index in [1.54, 1.807) is 18.7 Å². The largest absolute Gasteiger partial charge is 0.382 e. The lowest BCUT2D eigenvalue weighted by Crippen LogP contribution is -2.33. The van der Waals surface area contributed by atoms with Gasteiger partial charge in [-0.05, 0) is 43.3 Å². The fraction of sp³-hybridized carbons (Fsp3) is 0.312. The molecule has 1 aromatic carbocycles. The van der Waals surface area contributed by atoms with Gasteiger partial charge in [0.1, 0.15) is 0 Å². The predicted octanol–water partition coefficient (Wildman–Crippen LogP) is 2.10. The molecule has 2 rings (SSSR count). The lowest BCUT2D eigenvalue weighted by atomic mass is 10.2. The lowest BCUT2D eigenvalue weighted by molar-refractivity contribution is 0.145. The highest BCUT2D eigenvalue weighted by molar-refractivity contribution is 7.80. The van der Waals surface area contributed by atoms with E-state index in [9.17, 15) is 0 Å². The van der Waals surface area contributed by atoms with Gasteiger partial charge in [0.2, 0.25) is 0 Å². The molecule has 122 valence electrons. The van der Waals surface area contributed by atoms with Crippen LogP contribution in [0.15, 0.2) is 48.1 Å². The maximum Gasteiger partial charge on any atom is 0.186 e. The summed E-state index contributed by atoms with van der Waals surface area (Å²) >= 11 is 5.14. The third-order valence-electron chi connectivity index (χ3n) is 3.03. The first-order chi connectivity index (χ1) is 11.3. The molecule has 0 saturated carbocycles. The number of benzene rings is 1. The summed E-state index contributed by atoms with van der Waals surface area (Å²) in [7, 11) is 0. The Morgan fingerprint density at radius 1 is 1.39 bits per heavy atom. The van der Waals surface area contributed by atoms with Gasteiger partial charge in [-0.1, -0.05) is 12.1 Å². The number of imidazole rings is 1. The minimum Gasteiger partial charge on any atom is -0.382 e. The number of ether oxygens (including phenoxy) is 1. The Hall–Kier alpha value is -2.25. The van der Waals surface area contributed by atoms with Crippen LogP contribution in [0.4, 0.5) is 0 Å². The molecule has 0 bridgehead atoms. The van der Waals surface area contributed by atoms with E-state index in [-0.39, 0.29) is 0 Å². The summed E-state index contributed by atoms with van der Waals surface area (Å²) in [4.78, 5) is 4.03. The Bertz CT molecular complexity index is 610. The monoisotopic (exact) mass is 331 g/mol. The Morgan fingerprint density at radius 3 is 2.91 bits per heavy atom. The molecule has 1 aromatic heterocycles. The maximum absolute atomic E-state index is 5.25. The van der Waals surface area contributed by atoms with Crippen LogP contribution >= 0.6 is 12.2 Å². The zero-order valence-corrected chi connectivity index (χ0v) is 13.9. The minimum absolute atomic E-state index is 0.507. The Morgan fingerprint density at radius 2 is 2.22 bits per heavy atom. The molecule has 0 amide bonds. The smallest absolute Gasteiger partial charge is 0.186 e. The normalized spacial score (nSPS) is 10.8. The molecule has 1 heterocycles. The highest BCUT2D eigenvalue weighted by atomic mass is 32.1. The molecule has 0 spiro atoms. The fourth-order valence-electron chi connectivity index (χ4n) is 1.87. The number of hydrogen-bond donors (Lipinski definition) is 2. The van der Waals surface area contributed by atoms with E-state index in [1.807, 2.05) is 42.0 Å². The molecule has 0 aliphatic rings.